The maximum absolute atomic E-state index is 14.5. The standard InChI is InChI=1S/C20H15FN4O3/c1-13(17-15(21)8-5-9-16(17)25-11-22-10-24-25)28-20(26)19-18(23-12-27-19)14-6-3-2-4-7-14/h2-13H,1H3. The molecule has 4 rings (SSSR count). The van der Waals surface area contributed by atoms with E-state index in [9.17, 15) is 9.18 Å². The third-order valence-electron chi connectivity index (χ3n) is 4.19. The number of nitrogens with zero attached hydrogens (tertiary/aromatic N) is 4. The average Bonchev–Trinajstić information content (AvgIpc) is 3.40. The van der Waals surface area contributed by atoms with Crippen LogP contribution in [0.4, 0.5) is 4.39 Å². The van der Waals surface area contributed by atoms with Crippen LogP contribution in [0.3, 0.4) is 0 Å². The van der Waals surface area contributed by atoms with Gasteiger partial charge in [-0.25, -0.2) is 23.8 Å². The van der Waals surface area contributed by atoms with Crippen LogP contribution in [-0.2, 0) is 4.74 Å². The van der Waals surface area contributed by atoms with Gasteiger partial charge >= 0.3 is 5.97 Å². The number of oxazole rings is 1. The molecule has 2 heterocycles. The molecule has 0 aliphatic heterocycles. The molecule has 1 atom stereocenters. The lowest BCUT2D eigenvalue weighted by Crippen LogP contribution is -2.13. The van der Waals surface area contributed by atoms with Gasteiger partial charge in [-0.15, -0.1) is 0 Å². The Morgan fingerprint density at radius 1 is 1.18 bits per heavy atom. The van der Waals surface area contributed by atoms with Gasteiger partial charge < -0.3 is 9.15 Å². The van der Waals surface area contributed by atoms with Crippen molar-refractivity contribution in [2.45, 2.75) is 13.0 Å². The van der Waals surface area contributed by atoms with E-state index < -0.39 is 17.9 Å². The fourth-order valence-electron chi connectivity index (χ4n) is 2.93. The lowest BCUT2D eigenvalue weighted by Gasteiger charge is -2.17. The number of benzene rings is 2. The lowest BCUT2D eigenvalue weighted by atomic mass is 10.1. The van der Waals surface area contributed by atoms with Gasteiger partial charge in [-0.1, -0.05) is 36.4 Å². The van der Waals surface area contributed by atoms with Crippen molar-refractivity contribution >= 4 is 5.97 Å². The van der Waals surface area contributed by atoms with Crippen molar-refractivity contribution in [2.24, 2.45) is 0 Å². The molecular formula is C20H15FN4O3. The number of carbonyl (C=O) groups is 1. The topological polar surface area (TPSA) is 83.0 Å². The Balaban J connectivity index is 1.63. The molecule has 0 radical (unpaired) electrons. The van der Waals surface area contributed by atoms with Gasteiger partial charge in [-0.3, -0.25) is 0 Å². The summed E-state index contributed by atoms with van der Waals surface area (Å²) in [5.74, 6) is -1.30. The predicted molar refractivity (Wildman–Crippen MR) is 97.1 cm³/mol. The molecule has 0 N–H and O–H groups in total. The van der Waals surface area contributed by atoms with E-state index in [1.807, 2.05) is 18.2 Å². The second-order valence-electron chi connectivity index (χ2n) is 5.96. The van der Waals surface area contributed by atoms with Crippen molar-refractivity contribution < 1.29 is 18.3 Å². The number of carbonyl (C=O) groups excluding carboxylic acids is 1. The Morgan fingerprint density at radius 2 is 2.00 bits per heavy atom. The number of esters is 1. The summed E-state index contributed by atoms with van der Waals surface area (Å²) in [5, 5.41) is 4.02. The Bertz CT molecular complexity index is 1090. The van der Waals surface area contributed by atoms with E-state index in [0.29, 0.717) is 16.9 Å². The normalized spacial score (nSPS) is 11.9. The number of aromatic nitrogens is 4. The SMILES string of the molecule is CC(OC(=O)c1ocnc1-c1ccccc1)c1c(F)cccc1-n1cncn1. The van der Waals surface area contributed by atoms with Gasteiger partial charge in [0.25, 0.3) is 0 Å². The average molecular weight is 378 g/mol. The van der Waals surface area contributed by atoms with E-state index in [4.69, 9.17) is 9.15 Å². The molecule has 0 amide bonds. The number of hydrogen-bond acceptors (Lipinski definition) is 6. The zero-order valence-electron chi connectivity index (χ0n) is 14.8. The second kappa shape index (κ2) is 7.43. The molecular weight excluding hydrogens is 363 g/mol. The van der Waals surface area contributed by atoms with Crippen LogP contribution in [0.5, 0.6) is 0 Å². The van der Waals surface area contributed by atoms with Crippen molar-refractivity contribution in [3.05, 3.63) is 84.7 Å². The van der Waals surface area contributed by atoms with Crippen LogP contribution in [0.25, 0.3) is 16.9 Å². The summed E-state index contributed by atoms with van der Waals surface area (Å²) in [6.07, 6.45) is 3.05. The van der Waals surface area contributed by atoms with Crippen molar-refractivity contribution in [2.75, 3.05) is 0 Å². The Hall–Kier alpha value is -3.81. The van der Waals surface area contributed by atoms with Gasteiger partial charge in [0.05, 0.1) is 11.3 Å². The van der Waals surface area contributed by atoms with E-state index >= 15 is 0 Å². The maximum atomic E-state index is 14.5. The highest BCUT2D eigenvalue weighted by Gasteiger charge is 2.25. The summed E-state index contributed by atoms with van der Waals surface area (Å²) >= 11 is 0. The molecule has 0 saturated heterocycles. The number of halogens is 1. The highest BCUT2D eigenvalue weighted by atomic mass is 19.1. The summed E-state index contributed by atoms with van der Waals surface area (Å²) < 4.78 is 26.7. The zero-order valence-corrected chi connectivity index (χ0v) is 14.8. The van der Waals surface area contributed by atoms with Gasteiger partial charge in [0.2, 0.25) is 5.76 Å². The Labute approximate surface area is 159 Å². The van der Waals surface area contributed by atoms with E-state index in [1.54, 1.807) is 31.2 Å². The summed E-state index contributed by atoms with van der Waals surface area (Å²) in [5.41, 5.74) is 1.69. The summed E-state index contributed by atoms with van der Waals surface area (Å²) in [6.45, 7) is 1.58. The smallest absolute Gasteiger partial charge is 0.377 e. The molecule has 8 heteroatoms. The van der Waals surface area contributed by atoms with Crippen LogP contribution in [0.15, 0.2) is 72.0 Å². The third-order valence-corrected chi connectivity index (χ3v) is 4.19. The molecule has 7 nitrogen and oxygen atoms in total. The van der Waals surface area contributed by atoms with Crippen LogP contribution < -0.4 is 0 Å². The number of rotatable bonds is 5. The number of hydrogen-bond donors (Lipinski definition) is 0. The van der Waals surface area contributed by atoms with E-state index in [-0.39, 0.29) is 11.3 Å². The molecule has 0 saturated carbocycles. The first kappa shape index (κ1) is 17.6. The summed E-state index contributed by atoms with van der Waals surface area (Å²) in [7, 11) is 0. The van der Waals surface area contributed by atoms with Gasteiger partial charge in [0.15, 0.2) is 6.39 Å². The first-order chi connectivity index (χ1) is 13.6. The van der Waals surface area contributed by atoms with Crippen LogP contribution in [0.2, 0.25) is 0 Å². The quantitative estimate of drug-likeness (QED) is 0.489. The Kier molecular flexibility index (Phi) is 4.67. The first-order valence-electron chi connectivity index (χ1n) is 8.48. The Morgan fingerprint density at radius 3 is 2.75 bits per heavy atom. The van der Waals surface area contributed by atoms with E-state index in [1.165, 1.54) is 29.8 Å². The van der Waals surface area contributed by atoms with E-state index in [0.717, 1.165) is 0 Å². The minimum atomic E-state index is -0.901. The van der Waals surface area contributed by atoms with Crippen molar-refractivity contribution in [1.29, 1.82) is 0 Å². The molecule has 4 aromatic rings. The second-order valence-corrected chi connectivity index (χ2v) is 5.96. The molecule has 2 aromatic carbocycles. The molecule has 0 fully saturated rings. The largest absolute Gasteiger partial charge is 0.452 e. The molecule has 0 aliphatic rings. The molecule has 1 unspecified atom stereocenters. The van der Waals surface area contributed by atoms with Crippen molar-refractivity contribution in [3.63, 3.8) is 0 Å². The summed E-state index contributed by atoms with van der Waals surface area (Å²) in [4.78, 5) is 20.7. The highest BCUT2D eigenvalue weighted by molar-refractivity contribution is 5.93. The fraction of sp³-hybridized carbons (Fsp3) is 0.100. The van der Waals surface area contributed by atoms with Crippen LogP contribution in [0.1, 0.15) is 29.1 Å². The number of ether oxygens (including phenoxy) is 1. The lowest BCUT2D eigenvalue weighted by molar-refractivity contribution is 0.0296. The van der Waals surface area contributed by atoms with Gasteiger partial charge in [-0.2, -0.15) is 5.10 Å². The molecule has 0 spiro atoms. The monoisotopic (exact) mass is 378 g/mol. The molecule has 2 aromatic heterocycles. The van der Waals surface area contributed by atoms with Gasteiger partial charge in [-0.05, 0) is 19.1 Å². The van der Waals surface area contributed by atoms with Gasteiger partial charge in [0.1, 0.15) is 30.3 Å². The van der Waals surface area contributed by atoms with Crippen LogP contribution >= 0.6 is 0 Å². The van der Waals surface area contributed by atoms with Crippen molar-refractivity contribution in [3.8, 4) is 16.9 Å². The predicted octanol–water partition coefficient (Wildman–Crippen LogP) is 3.98. The highest BCUT2D eigenvalue weighted by Crippen LogP contribution is 2.29. The molecule has 28 heavy (non-hydrogen) atoms. The minimum Gasteiger partial charge on any atom is -0.452 e. The third kappa shape index (κ3) is 3.27. The van der Waals surface area contributed by atoms with Crippen LogP contribution in [0, 0.1) is 5.82 Å². The fourth-order valence-corrected chi connectivity index (χ4v) is 2.93. The maximum Gasteiger partial charge on any atom is 0.377 e. The van der Waals surface area contributed by atoms with Crippen molar-refractivity contribution in [1.82, 2.24) is 19.7 Å². The summed E-state index contributed by atoms with van der Waals surface area (Å²) in [6, 6.07) is 13.6. The first-order valence-corrected chi connectivity index (χ1v) is 8.48. The zero-order chi connectivity index (χ0) is 19.5. The minimum absolute atomic E-state index is 0.0447. The van der Waals surface area contributed by atoms with Gasteiger partial charge in [0, 0.05) is 5.56 Å². The molecule has 140 valence electrons. The van der Waals surface area contributed by atoms with E-state index in [2.05, 4.69) is 15.1 Å². The van der Waals surface area contributed by atoms with Crippen LogP contribution in [-0.4, -0.2) is 25.7 Å². The molecule has 0 bridgehead atoms. The molecule has 0 aliphatic carbocycles.